The normalized spacial score (nSPS) is 22.6. The monoisotopic (exact) mass is 305 g/mol. The number of benzene rings is 1. The molecule has 112 valence electrons. The van der Waals surface area contributed by atoms with Gasteiger partial charge in [-0.1, -0.05) is 17.7 Å². The Hall–Kier alpha value is -1.59. The first kappa shape index (κ1) is 14.4. The zero-order valence-electron chi connectivity index (χ0n) is 12.5. The van der Waals surface area contributed by atoms with Crippen molar-refractivity contribution in [3.8, 4) is 11.4 Å². The van der Waals surface area contributed by atoms with Crippen LogP contribution < -0.4 is 10.2 Å². The highest BCUT2D eigenvalue weighted by molar-refractivity contribution is 6.30. The van der Waals surface area contributed by atoms with Crippen molar-refractivity contribution in [2.24, 2.45) is 0 Å². The SMILES string of the molecule is Cc1ccc(Cl)cc1-c1nc(N2CC(C)NC(C)C2)n[nH]1. The molecule has 2 N–H and O–H groups in total. The Kier molecular flexibility index (Phi) is 3.87. The van der Waals surface area contributed by atoms with Gasteiger partial charge in [0.25, 0.3) is 0 Å². The lowest BCUT2D eigenvalue weighted by Gasteiger charge is -2.35. The second-order valence-corrected chi connectivity index (χ2v) is 6.25. The topological polar surface area (TPSA) is 56.8 Å². The van der Waals surface area contributed by atoms with Crippen molar-refractivity contribution in [2.75, 3.05) is 18.0 Å². The van der Waals surface area contributed by atoms with Crippen LogP contribution in [0.4, 0.5) is 5.95 Å². The molecule has 0 saturated carbocycles. The summed E-state index contributed by atoms with van der Waals surface area (Å²) in [6, 6.07) is 6.67. The fraction of sp³-hybridized carbons (Fsp3) is 0.467. The van der Waals surface area contributed by atoms with E-state index in [-0.39, 0.29) is 0 Å². The summed E-state index contributed by atoms with van der Waals surface area (Å²) in [5.41, 5.74) is 2.13. The van der Waals surface area contributed by atoms with E-state index in [1.807, 2.05) is 25.1 Å². The molecule has 1 aliphatic rings. The van der Waals surface area contributed by atoms with Crippen molar-refractivity contribution in [3.05, 3.63) is 28.8 Å². The Labute approximate surface area is 129 Å². The van der Waals surface area contributed by atoms with Crippen molar-refractivity contribution in [1.82, 2.24) is 20.5 Å². The molecule has 2 unspecified atom stereocenters. The molecule has 6 heteroatoms. The van der Waals surface area contributed by atoms with Gasteiger partial charge in [0, 0.05) is 35.8 Å². The molecule has 3 rings (SSSR count). The molecular weight excluding hydrogens is 286 g/mol. The summed E-state index contributed by atoms with van der Waals surface area (Å²) in [6.07, 6.45) is 0. The summed E-state index contributed by atoms with van der Waals surface area (Å²) in [5, 5.41) is 11.6. The number of piperazine rings is 1. The number of aromatic amines is 1. The zero-order valence-corrected chi connectivity index (χ0v) is 13.3. The molecular formula is C15H20ClN5. The summed E-state index contributed by atoms with van der Waals surface area (Å²) in [7, 11) is 0. The van der Waals surface area contributed by atoms with Crippen LogP contribution in [-0.4, -0.2) is 40.4 Å². The van der Waals surface area contributed by atoms with E-state index >= 15 is 0 Å². The van der Waals surface area contributed by atoms with Gasteiger partial charge < -0.3 is 10.2 Å². The number of nitrogens with one attached hydrogen (secondary N) is 2. The average Bonchev–Trinajstić information content (AvgIpc) is 2.90. The van der Waals surface area contributed by atoms with Crippen LogP contribution in [0.3, 0.4) is 0 Å². The number of aryl methyl sites for hydroxylation is 1. The van der Waals surface area contributed by atoms with Crippen LogP contribution in [0.15, 0.2) is 18.2 Å². The van der Waals surface area contributed by atoms with Gasteiger partial charge in [0.05, 0.1) is 0 Å². The van der Waals surface area contributed by atoms with E-state index in [4.69, 9.17) is 11.6 Å². The molecule has 1 fully saturated rings. The average molecular weight is 306 g/mol. The van der Waals surface area contributed by atoms with E-state index in [2.05, 4.69) is 39.2 Å². The number of rotatable bonds is 2. The number of aromatic nitrogens is 3. The first-order chi connectivity index (χ1) is 10.0. The molecule has 21 heavy (non-hydrogen) atoms. The molecule has 2 atom stereocenters. The van der Waals surface area contributed by atoms with Crippen LogP contribution in [-0.2, 0) is 0 Å². The van der Waals surface area contributed by atoms with Gasteiger partial charge in [0.2, 0.25) is 5.95 Å². The lowest BCUT2D eigenvalue weighted by atomic mass is 10.1. The van der Waals surface area contributed by atoms with E-state index in [0.29, 0.717) is 17.1 Å². The van der Waals surface area contributed by atoms with Crippen LogP contribution in [0.2, 0.25) is 5.02 Å². The van der Waals surface area contributed by atoms with Gasteiger partial charge >= 0.3 is 0 Å². The van der Waals surface area contributed by atoms with E-state index in [9.17, 15) is 0 Å². The van der Waals surface area contributed by atoms with Gasteiger partial charge in [-0.15, -0.1) is 5.10 Å². The predicted molar refractivity (Wildman–Crippen MR) is 85.8 cm³/mol. The third-order valence-corrected chi connectivity index (χ3v) is 4.00. The van der Waals surface area contributed by atoms with Crippen molar-refractivity contribution in [3.63, 3.8) is 0 Å². The van der Waals surface area contributed by atoms with Crippen LogP contribution in [0.5, 0.6) is 0 Å². The molecule has 1 aromatic heterocycles. The Morgan fingerprint density at radius 2 is 1.95 bits per heavy atom. The molecule has 1 saturated heterocycles. The first-order valence-electron chi connectivity index (χ1n) is 7.23. The summed E-state index contributed by atoms with van der Waals surface area (Å²) < 4.78 is 0. The standard InChI is InChI=1S/C15H20ClN5/c1-9-4-5-12(16)6-13(9)14-18-15(20-19-14)21-7-10(2)17-11(3)8-21/h4-6,10-11,17H,7-8H2,1-3H3,(H,18,19,20). The maximum atomic E-state index is 6.08. The Bertz CT molecular complexity index is 629. The minimum atomic E-state index is 0.434. The Morgan fingerprint density at radius 1 is 1.24 bits per heavy atom. The van der Waals surface area contributed by atoms with Gasteiger partial charge in [-0.25, -0.2) is 0 Å². The lowest BCUT2D eigenvalue weighted by Crippen LogP contribution is -2.54. The Balaban J connectivity index is 1.88. The number of nitrogens with zero attached hydrogens (tertiary/aromatic N) is 3. The number of halogens is 1. The third kappa shape index (κ3) is 3.04. The molecule has 5 nitrogen and oxygen atoms in total. The minimum Gasteiger partial charge on any atom is -0.336 e. The van der Waals surface area contributed by atoms with Crippen molar-refractivity contribution in [2.45, 2.75) is 32.9 Å². The van der Waals surface area contributed by atoms with Crippen molar-refractivity contribution < 1.29 is 0 Å². The van der Waals surface area contributed by atoms with Gasteiger partial charge in [-0.3, -0.25) is 5.10 Å². The molecule has 0 spiro atoms. The molecule has 0 bridgehead atoms. The fourth-order valence-electron chi connectivity index (χ4n) is 2.85. The van der Waals surface area contributed by atoms with Crippen LogP contribution in [0, 0.1) is 6.92 Å². The molecule has 0 amide bonds. The highest BCUT2D eigenvalue weighted by Gasteiger charge is 2.24. The van der Waals surface area contributed by atoms with Crippen molar-refractivity contribution >= 4 is 17.5 Å². The van der Waals surface area contributed by atoms with Crippen LogP contribution in [0.1, 0.15) is 19.4 Å². The molecule has 0 aliphatic carbocycles. The zero-order chi connectivity index (χ0) is 15.0. The smallest absolute Gasteiger partial charge is 0.245 e. The van der Waals surface area contributed by atoms with E-state index in [1.165, 1.54) is 0 Å². The fourth-order valence-corrected chi connectivity index (χ4v) is 3.03. The molecule has 2 aromatic rings. The Morgan fingerprint density at radius 3 is 2.67 bits per heavy atom. The third-order valence-electron chi connectivity index (χ3n) is 3.77. The second-order valence-electron chi connectivity index (χ2n) is 5.82. The van der Waals surface area contributed by atoms with Gasteiger partial charge in [-0.05, 0) is 38.5 Å². The molecule has 2 heterocycles. The number of anilines is 1. The van der Waals surface area contributed by atoms with Crippen molar-refractivity contribution in [1.29, 1.82) is 0 Å². The highest BCUT2D eigenvalue weighted by atomic mass is 35.5. The van der Waals surface area contributed by atoms with Gasteiger partial charge in [0.1, 0.15) is 0 Å². The van der Waals surface area contributed by atoms with E-state index in [0.717, 1.165) is 36.0 Å². The van der Waals surface area contributed by atoms with E-state index < -0.39 is 0 Å². The second kappa shape index (κ2) is 5.66. The minimum absolute atomic E-state index is 0.434. The maximum Gasteiger partial charge on any atom is 0.245 e. The molecule has 1 aliphatic heterocycles. The number of hydrogen-bond donors (Lipinski definition) is 2. The van der Waals surface area contributed by atoms with Gasteiger partial charge in [0.15, 0.2) is 5.82 Å². The number of hydrogen-bond acceptors (Lipinski definition) is 4. The quantitative estimate of drug-likeness (QED) is 0.895. The molecule has 1 aromatic carbocycles. The molecule has 0 radical (unpaired) electrons. The largest absolute Gasteiger partial charge is 0.336 e. The summed E-state index contributed by atoms with van der Waals surface area (Å²) >= 11 is 6.08. The summed E-state index contributed by atoms with van der Waals surface area (Å²) in [6.45, 7) is 8.23. The first-order valence-corrected chi connectivity index (χ1v) is 7.60. The van der Waals surface area contributed by atoms with Gasteiger partial charge in [-0.2, -0.15) is 4.98 Å². The summed E-state index contributed by atoms with van der Waals surface area (Å²) in [4.78, 5) is 6.86. The lowest BCUT2D eigenvalue weighted by molar-refractivity contribution is 0.403. The van der Waals surface area contributed by atoms with E-state index in [1.54, 1.807) is 0 Å². The summed E-state index contributed by atoms with van der Waals surface area (Å²) in [5.74, 6) is 1.52. The predicted octanol–water partition coefficient (Wildman–Crippen LogP) is 2.62. The van der Waals surface area contributed by atoms with Crippen LogP contribution >= 0.6 is 11.6 Å². The maximum absolute atomic E-state index is 6.08. The highest BCUT2D eigenvalue weighted by Crippen LogP contribution is 2.25. The number of H-pyrrole nitrogens is 1. The van der Waals surface area contributed by atoms with Crippen LogP contribution in [0.25, 0.3) is 11.4 Å².